The highest BCUT2D eigenvalue weighted by Crippen LogP contribution is 2.28. The summed E-state index contributed by atoms with van der Waals surface area (Å²) >= 11 is 1.75. The molecule has 3 N–H and O–H groups in total. The Bertz CT molecular complexity index is 608. The minimum Gasteiger partial charge on any atom is -0.495 e. The lowest BCUT2D eigenvalue weighted by atomic mass is 10.3. The Morgan fingerprint density at radius 2 is 2.05 bits per heavy atom. The molecule has 0 aliphatic rings. The highest BCUT2D eigenvalue weighted by Gasteiger charge is 2.13. The summed E-state index contributed by atoms with van der Waals surface area (Å²) in [6, 6.07) is 7.56. The average Bonchev–Trinajstić information content (AvgIpc) is 2.47. The summed E-state index contributed by atoms with van der Waals surface area (Å²) in [7, 11) is 1.62. The number of anilines is 3. The minimum atomic E-state index is 0.165. The van der Waals surface area contributed by atoms with Crippen molar-refractivity contribution in [3.8, 4) is 5.75 Å². The molecule has 0 saturated carbocycles. The van der Waals surface area contributed by atoms with Gasteiger partial charge in [0.2, 0.25) is 11.9 Å². The van der Waals surface area contributed by atoms with Crippen molar-refractivity contribution in [3.63, 3.8) is 0 Å². The largest absolute Gasteiger partial charge is 0.495 e. The van der Waals surface area contributed by atoms with Crippen LogP contribution >= 0.6 is 11.8 Å². The molecule has 1 aromatic carbocycles. The first-order valence-corrected chi connectivity index (χ1v) is 7.72. The van der Waals surface area contributed by atoms with Crippen molar-refractivity contribution in [2.24, 2.45) is 0 Å². The number of para-hydroxylation sites is 2. The second kappa shape index (κ2) is 7.12. The number of methoxy groups -OCH3 is 1. The number of rotatable bonds is 6. The zero-order valence-corrected chi connectivity index (χ0v) is 13.1. The van der Waals surface area contributed by atoms with E-state index < -0.39 is 0 Å². The maximum atomic E-state index is 5.77. The van der Waals surface area contributed by atoms with E-state index in [1.165, 1.54) is 0 Å². The average molecular weight is 305 g/mol. The maximum Gasteiger partial charge on any atom is 0.232 e. The predicted molar refractivity (Wildman–Crippen MR) is 87.1 cm³/mol. The van der Waals surface area contributed by atoms with E-state index in [9.17, 15) is 0 Å². The number of nitrogens with two attached hydrogens (primary N) is 1. The Labute approximate surface area is 128 Å². The Morgan fingerprint density at radius 1 is 1.29 bits per heavy atom. The van der Waals surface area contributed by atoms with Crippen LogP contribution < -0.4 is 15.8 Å². The molecule has 1 aromatic heterocycles. The summed E-state index contributed by atoms with van der Waals surface area (Å²) in [5.74, 6) is 3.01. The zero-order chi connectivity index (χ0) is 15.2. The normalized spacial score (nSPS) is 12.0. The Hall–Kier alpha value is -2.02. The maximum absolute atomic E-state index is 5.77. The van der Waals surface area contributed by atoms with Gasteiger partial charge in [0.05, 0.1) is 18.0 Å². The summed E-state index contributed by atoms with van der Waals surface area (Å²) in [5.41, 5.74) is 6.56. The lowest BCUT2D eigenvalue weighted by molar-refractivity contribution is 0.417. The lowest BCUT2D eigenvalue weighted by Crippen LogP contribution is -2.08. The molecule has 2 aromatic rings. The number of thioether (sulfide) groups is 1. The van der Waals surface area contributed by atoms with E-state index in [1.54, 1.807) is 18.9 Å². The van der Waals surface area contributed by atoms with Gasteiger partial charge in [0.15, 0.2) is 0 Å². The van der Waals surface area contributed by atoms with Gasteiger partial charge in [-0.3, -0.25) is 0 Å². The molecule has 21 heavy (non-hydrogen) atoms. The molecule has 1 atom stereocenters. The van der Waals surface area contributed by atoms with Crippen LogP contribution in [-0.2, 0) is 0 Å². The molecular weight excluding hydrogens is 286 g/mol. The van der Waals surface area contributed by atoms with Gasteiger partial charge >= 0.3 is 0 Å². The molecule has 1 unspecified atom stereocenters. The third-order valence-electron chi connectivity index (χ3n) is 2.80. The van der Waals surface area contributed by atoms with Gasteiger partial charge in [0.1, 0.15) is 11.6 Å². The van der Waals surface area contributed by atoms with Crippen molar-refractivity contribution in [3.05, 3.63) is 30.1 Å². The molecule has 112 valence electrons. The van der Waals surface area contributed by atoms with E-state index in [1.807, 2.05) is 24.3 Å². The van der Waals surface area contributed by atoms with Crippen molar-refractivity contribution < 1.29 is 4.74 Å². The van der Waals surface area contributed by atoms with Gasteiger partial charge in [-0.05, 0) is 24.8 Å². The van der Waals surface area contributed by atoms with E-state index in [0.717, 1.165) is 11.4 Å². The van der Waals surface area contributed by atoms with E-state index in [0.29, 0.717) is 17.5 Å². The summed E-state index contributed by atoms with van der Waals surface area (Å²) < 4.78 is 5.29. The summed E-state index contributed by atoms with van der Waals surface area (Å²) in [6.07, 6.45) is 0. The number of nitrogens with one attached hydrogen (secondary N) is 1. The van der Waals surface area contributed by atoms with Gasteiger partial charge in [-0.15, -0.1) is 0 Å². The first-order valence-electron chi connectivity index (χ1n) is 6.67. The molecule has 0 aliphatic heterocycles. The van der Waals surface area contributed by atoms with Gasteiger partial charge in [-0.2, -0.15) is 26.7 Å². The highest BCUT2D eigenvalue weighted by molar-refractivity contribution is 7.99. The second-order valence-electron chi connectivity index (χ2n) is 4.30. The topological polar surface area (TPSA) is 86.0 Å². The second-order valence-corrected chi connectivity index (χ2v) is 5.92. The quantitative estimate of drug-likeness (QED) is 0.848. The molecule has 2 rings (SSSR count). The van der Waals surface area contributed by atoms with Gasteiger partial charge in [0.25, 0.3) is 0 Å². The van der Waals surface area contributed by atoms with Crippen LogP contribution in [0.25, 0.3) is 0 Å². The fraction of sp³-hybridized carbons (Fsp3) is 0.357. The van der Waals surface area contributed by atoms with Crippen molar-refractivity contribution in [2.45, 2.75) is 19.1 Å². The SMILES string of the molecule is CCSC(C)c1nc(N)nc(Nc2ccccc2OC)n1. The number of aromatic nitrogens is 3. The molecule has 0 saturated heterocycles. The van der Waals surface area contributed by atoms with Gasteiger partial charge in [-0.1, -0.05) is 19.1 Å². The van der Waals surface area contributed by atoms with Gasteiger partial charge in [0, 0.05) is 0 Å². The Kier molecular flexibility index (Phi) is 5.21. The molecule has 0 aliphatic carbocycles. The van der Waals surface area contributed by atoms with Gasteiger partial charge in [-0.25, -0.2) is 0 Å². The van der Waals surface area contributed by atoms with Crippen molar-refractivity contribution in [1.82, 2.24) is 15.0 Å². The van der Waals surface area contributed by atoms with Gasteiger partial charge < -0.3 is 15.8 Å². The van der Waals surface area contributed by atoms with E-state index in [4.69, 9.17) is 10.5 Å². The van der Waals surface area contributed by atoms with Crippen molar-refractivity contribution in [2.75, 3.05) is 23.9 Å². The van der Waals surface area contributed by atoms with Crippen LogP contribution in [0.15, 0.2) is 24.3 Å². The fourth-order valence-corrected chi connectivity index (χ4v) is 2.59. The third kappa shape index (κ3) is 3.98. The lowest BCUT2D eigenvalue weighted by Gasteiger charge is -2.12. The Morgan fingerprint density at radius 3 is 2.76 bits per heavy atom. The number of hydrogen-bond acceptors (Lipinski definition) is 7. The fourth-order valence-electron chi connectivity index (χ4n) is 1.84. The summed E-state index contributed by atoms with van der Waals surface area (Å²) in [4.78, 5) is 12.8. The molecule has 0 spiro atoms. The third-order valence-corrected chi connectivity index (χ3v) is 3.85. The summed E-state index contributed by atoms with van der Waals surface area (Å²) in [6.45, 7) is 4.15. The monoisotopic (exact) mass is 305 g/mol. The number of benzene rings is 1. The van der Waals surface area contributed by atoms with Crippen molar-refractivity contribution >= 4 is 29.3 Å². The first kappa shape index (κ1) is 15.4. The molecule has 1 heterocycles. The number of ether oxygens (including phenoxy) is 1. The van der Waals surface area contributed by atoms with Crippen molar-refractivity contribution in [1.29, 1.82) is 0 Å². The molecule has 0 amide bonds. The molecule has 0 bridgehead atoms. The molecule has 7 heteroatoms. The predicted octanol–water partition coefficient (Wildman–Crippen LogP) is 3.02. The first-order chi connectivity index (χ1) is 10.1. The standard InChI is InChI=1S/C14H19N5OS/c1-4-21-9(2)12-17-13(15)19-14(18-12)16-10-7-5-6-8-11(10)20-3/h5-9H,4H2,1-3H3,(H3,15,16,17,18,19). The van der Waals surface area contributed by atoms with E-state index in [2.05, 4.69) is 34.1 Å². The van der Waals surface area contributed by atoms with Crippen LogP contribution in [0.3, 0.4) is 0 Å². The summed E-state index contributed by atoms with van der Waals surface area (Å²) in [5, 5.41) is 3.29. The van der Waals surface area contributed by atoms with Crippen LogP contribution in [0, 0.1) is 0 Å². The Balaban J connectivity index is 2.27. The smallest absolute Gasteiger partial charge is 0.232 e. The van der Waals surface area contributed by atoms with E-state index >= 15 is 0 Å². The van der Waals surface area contributed by atoms with Crippen LogP contribution in [0.2, 0.25) is 0 Å². The zero-order valence-electron chi connectivity index (χ0n) is 12.3. The van der Waals surface area contributed by atoms with E-state index in [-0.39, 0.29) is 11.2 Å². The molecular formula is C14H19N5OS. The van der Waals surface area contributed by atoms with Crippen LogP contribution in [0.1, 0.15) is 24.9 Å². The minimum absolute atomic E-state index is 0.165. The van der Waals surface area contributed by atoms with Crippen LogP contribution in [0.5, 0.6) is 5.75 Å². The number of nitrogen functional groups attached to an aromatic ring is 1. The molecule has 0 fully saturated rings. The van der Waals surface area contributed by atoms with Crippen LogP contribution in [-0.4, -0.2) is 27.8 Å². The number of nitrogens with zero attached hydrogens (tertiary/aromatic N) is 3. The molecule has 6 nitrogen and oxygen atoms in total. The highest BCUT2D eigenvalue weighted by atomic mass is 32.2. The van der Waals surface area contributed by atoms with Crippen LogP contribution in [0.4, 0.5) is 17.6 Å². The molecule has 0 radical (unpaired) electrons. The number of hydrogen-bond donors (Lipinski definition) is 2.